The zero-order valence-corrected chi connectivity index (χ0v) is 16.2. The van der Waals surface area contributed by atoms with Gasteiger partial charge in [0, 0.05) is 27.1 Å². The van der Waals surface area contributed by atoms with E-state index in [9.17, 15) is 9.59 Å². The topological polar surface area (TPSA) is 59.2 Å². The standard InChI is InChI=1S/C23H19NO3S/c1-15-23(19-8-4-5-9-20(19)24-15)21(25)13-27-22(26)14-28-18-11-10-16-6-2-3-7-17(16)12-18/h2-12,24H,13-14H2,1H3. The van der Waals surface area contributed by atoms with Crippen molar-refractivity contribution in [3.05, 3.63) is 78.0 Å². The second kappa shape index (κ2) is 7.90. The molecule has 0 saturated carbocycles. The first-order valence-electron chi connectivity index (χ1n) is 8.99. The molecule has 4 rings (SSSR count). The maximum Gasteiger partial charge on any atom is 0.316 e. The Kier molecular flexibility index (Phi) is 5.17. The molecule has 0 saturated heterocycles. The summed E-state index contributed by atoms with van der Waals surface area (Å²) in [5, 5.41) is 3.14. The van der Waals surface area contributed by atoms with E-state index >= 15 is 0 Å². The normalized spacial score (nSPS) is 11.0. The van der Waals surface area contributed by atoms with Crippen LogP contribution in [0.4, 0.5) is 0 Å². The Hall–Kier alpha value is -3.05. The van der Waals surface area contributed by atoms with Gasteiger partial charge in [0.15, 0.2) is 6.61 Å². The molecule has 140 valence electrons. The Labute approximate surface area is 166 Å². The molecule has 4 nitrogen and oxygen atoms in total. The molecule has 0 spiro atoms. The molecule has 1 aromatic heterocycles. The molecular weight excluding hydrogens is 370 g/mol. The number of hydrogen-bond donors (Lipinski definition) is 1. The van der Waals surface area contributed by atoms with Crippen molar-refractivity contribution in [3.63, 3.8) is 0 Å². The number of fused-ring (bicyclic) bond motifs is 2. The van der Waals surface area contributed by atoms with Gasteiger partial charge in [-0.1, -0.05) is 48.5 Å². The zero-order chi connectivity index (χ0) is 19.5. The van der Waals surface area contributed by atoms with Crippen molar-refractivity contribution in [1.82, 2.24) is 4.98 Å². The Morgan fingerprint density at radius 2 is 1.71 bits per heavy atom. The molecule has 0 aliphatic carbocycles. The van der Waals surface area contributed by atoms with Crippen LogP contribution in [0.15, 0.2) is 71.6 Å². The van der Waals surface area contributed by atoms with Gasteiger partial charge in [-0.05, 0) is 35.9 Å². The van der Waals surface area contributed by atoms with Crippen molar-refractivity contribution in [1.29, 1.82) is 0 Å². The number of carbonyl (C=O) groups is 2. The number of aromatic amines is 1. The largest absolute Gasteiger partial charge is 0.457 e. The molecule has 0 amide bonds. The molecular formula is C23H19NO3S. The van der Waals surface area contributed by atoms with Crippen LogP contribution in [0.1, 0.15) is 16.1 Å². The molecule has 1 N–H and O–H groups in total. The number of hydrogen-bond acceptors (Lipinski definition) is 4. The van der Waals surface area contributed by atoms with Gasteiger partial charge in [0.2, 0.25) is 5.78 Å². The molecule has 0 unspecified atom stereocenters. The number of carbonyl (C=O) groups excluding carboxylic acids is 2. The molecule has 0 radical (unpaired) electrons. The molecule has 0 atom stereocenters. The molecule has 5 heteroatoms. The summed E-state index contributed by atoms with van der Waals surface area (Å²) in [6.07, 6.45) is 0. The van der Waals surface area contributed by atoms with Gasteiger partial charge < -0.3 is 9.72 Å². The number of rotatable bonds is 6. The van der Waals surface area contributed by atoms with Gasteiger partial charge in [0.1, 0.15) is 0 Å². The minimum atomic E-state index is -0.399. The van der Waals surface area contributed by atoms with E-state index in [1.807, 2.05) is 67.6 Å². The van der Waals surface area contributed by atoms with E-state index in [0.29, 0.717) is 5.56 Å². The molecule has 1 heterocycles. The highest BCUT2D eigenvalue weighted by atomic mass is 32.2. The summed E-state index contributed by atoms with van der Waals surface area (Å²) in [4.78, 5) is 28.8. The first-order chi connectivity index (χ1) is 13.6. The van der Waals surface area contributed by atoms with Gasteiger partial charge in [0.05, 0.1) is 5.75 Å². The second-order valence-electron chi connectivity index (χ2n) is 6.55. The Bertz CT molecular complexity index is 1180. The van der Waals surface area contributed by atoms with Crippen LogP contribution in [0.2, 0.25) is 0 Å². The number of ketones is 1. The third kappa shape index (κ3) is 3.80. The quantitative estimate of drug-likeness (QED) is 0.282. The number of Topliss-reactive ketones (excluding diaryl/α,β-unsaturated/α-hetero) is 1. The van der Waals surface area contributed by atoms with Crippen LogP contribution in [0.5, 0.6) is 0 Å². The van der Waals surface area contributed by atoms with Gasteiger partial charge in [0.25, 0.3) is 0 Å². The van der Waals surface area contributed by atoms with E-state index in [4.69, 9.17) is 4.74 Å². The van der Waals surface area contributed by atoms with Gasteiger partial charge >= 0.3 is 5.97 Å². The van der Waals surface area contributed by atoms with Crippen molar-refractivity contribution in [2.24, 2.45) is 0 Å². The predicted octanol–water partition coefficient (Wildman–Crippen LogP) is 5.15. The molecule has 0 bridgehead atoms. The van der Waals surface area contributed by atoms with E-state index in [0.717, 1.165) is 32.3 Å². The van der Waals surface area contributed by atoms with Crippen LogP contribution in [0.3, 0.4) is 0 Å². The lowest BCUT2D eigenvalue weighted by molar-refractivity contribution is -0.139. The number of aryl methyl sites for hydroxylation is 1. The molecule has 0 fully saturated rings. The lowest BCUT2D eigenvalue weighted by Crippen LogP contribution is -2.16. The van der Waals surface area contributed by atoms with E-state index in [1.165, 1.54) is 11.8 Å². The summed E-state index contributed by atoms with van der Waals surface area (Å²) in [6, 6.07) is 21.8. The van der Waals surface area contributed by atoms with Crippen LogP contribution < -0.4 is 0 Å². The Morgan fingerprint density at radius 3 is 2.57 bits per heavy atom. The van der Waals surface area contributed by atoms with E-state index in [2.05, 4.69) is 11.1 Å². The maximum atomic E-state index is 12.6. The lowest BCUT2D eigenvalue weighted by Gasteiger charge is -2.06. The van der Waals surface area contributed by atoms with Crippen molar-refractivity contribution < 1.29 is 14.3 Å². The summed E-state index contributed by atoms with van der Waals surface area (Å²) < 4.78 is 5.22. The fourth-order valence-corrected chi connectivity index (χ4v) is 4.04. The summed E-state index contributed by atoms with van der Waals surface area (Å²) in [6.45, 7) is 1.60. The average Bonchev–Trinajstić information content (AvgIpc) is 3.06. The van der Waals surface area contributed by atoms with Crippen LogP contribution in [-0.2, 0) is 9.53 Å². The fraction of sp³-hybridized carbons (Fsp3) is 0.130. The van der Waals surface area contributed by atoms with Crippen molar-refractivity contribution in [2.75, 3.05) is 12.4 Å². The highest BCUT2D eigenvalue weighted by molar-refractivity contribution is 8.00. The van der Waals surface area contributed by atoms with Crippen LogP contribution in [-0.4, -0.2) is 29.1 Å². The zero-order valence-electron chi connectivity index (χ0n) is 15.4. The van der Waals surface area contributed by atoms with Crippen LogP contribution in [0, 0.1) is 6.92 Å². The first kappa shape index (κ1) is 18.3. The van der Waals surface area contributed by atoms with Crippen molar-refractivity contribution >= 4 is 45.2 Å². The van der Waals surface area contributed by atoms with Crippen LogP contribution >= 0.6 is 11.8 Å². The minimum Gasteiger partial charge on any atom is -0.457 e. The number of nitrogens with one attached hydrogen (secondary N) is 1. The first-order valence-corrected chi connectivity index (χ1v) is 9.98. The molecule has 3 aromatic carbocycles. The Morgan fingerprint density at radius 1 is 0.964 bits per heavy atom. The van der Waals surface area contributed by atoms with Crippen molar-refractivity contribution in [2.45, 2.75) is 11.8 Å². The van der Waals surface area contributed by atoms with Gasteiger partial charge in [-0.2, -0.15) is 0 Å². The summed E-state index contributed by atoms with van der Waals surface area (Å²) in [5.74, 6) is -0.429. The molecule has 4 aromatic rings. The molecule has 0 aliphatic rings. The number of para-hydroxylation sites is 1. The molecule has 0 aliphatic heterocycles. The SMILES string of the molecule is Cc1[nH]c2ccccc2c1C(=O)COC(=O)CSc1ccc2ccccc2c1. The monoisotopic (exact) mass is 389 g/mol. The number of thioether (sulfide) groups is 1. The predicted molar refractivity (Wildman–Crippen MR) is 113 cm³/mol. The summed E-state index contributed by atoms with van der Waals surface area (Å²) in [5.41, 5.74) is 2.28. The minimum absolute atomic E-state index is 0.165. The number of ether oxygens (including phenoxy) is 1. The van der Waals surface area contributed by atoms with E-state index in [-0.39, 0.29) is 18.1 Å². The molecule has 28 heavy (non-hydrogen) atoms. The fourth-order valence-electron chi connectivity index (χ4n) is 3.30. The third-order valence-electron chi connectivity index (χ3n) is 4.61. The average molecular weight is 389 g/mol. The highest BCUT2D eigenvalue weighted by Gasteiger charge is 2.17. The number of esters is 1. The summed E-state index contributed by atoms with van der Waals surface area (Å²) >= 11 is 1.41. The van der Waals surface area contributed by atoms with Gasteiger partial charge in [-0.25, -0.2) is 0 Å². The highest BCUT2D eigenvalue weighted by Crippen LogP contribution is 2.24. The maximum absolute atomic E-state index is 12.6. The second-order valence-corrected chi connectivity index (χ2v) is 7.60. The van der Waals surface area contributed by atoms with Gasteiger partial charge in [-0.15, -0.1) is 11.8 Å². The van der Waals surface area contributed by atoms with Crippen molar-refractivity contribution in [3.8, 4) is 0 Å². The number of H-pyrrole nitrogens is 1. The number of aromatic nitrogens is 1. The Balaban J connectivity index is 1.36. The number of benzene rings is 3. The lowest BCUT2D eigenvalue weighted by atomic mass is 10.1. The van der Waals surface area contributed by atoms with Gasteiger partial charge in [-0.3, -0.25) is 9.59 Å². The van der Waals surface area contributed by atoms with E-state index in [1.54, 1.807) is 0 Å². The van der Waals surface area contributed by atoms with E-state index < -0.39 is 5.97 Å². The third-order valence-corrected chi connectivity index (χ3v) is 5.58. The summed E-state index contributed by atoms with van der Waals surface area (Å²) in [7, 11) is 0. The van der Waals surface area contributed by atoms with Crippen LogP contribution in [0.25, 0.3) is 21.7 Å². The smallest absolute Gasteiger partial charge is 0.316 e.